The maximum atomic E-state index is 12.3. The SMILES string of the molecule is O=C1c2cccc(-c3ccccc3)c2C2NCCN12. The highest BCUT2D eigenvalue weighted by atomic mass is 16.2. The molecule has 1 N–H and O–H groups in total. The van der Waals surface area contributed by atoms with Gasteiger partial charge in [-0.15, -0.1) is 0 Å². The maximum Gasteiger partial charge on any atom is 0.255 e. The molecule has 0 aromatic heterocycles. The van der Waals surface area contributed by atoms with Crippen LogP contribution in [0.15, 0.2) is 48.5 Å². The number of fused-ring (bicyclic) bond motifs is 3. The van der Waals surface area contributed by atoms with Crippen LogP contribution in [0, 0.1) is 0 Å². The Bertz CT molecular complexity index is 651. The van der Waals surface area contributed by atoms with E-state index in [2.05, 4.69) is 23.5 Å². The molecular weight excluding hydrogens is 236 g/mol. The number of nitrogens with one attached hydrogen (secondary N) is 1. The van der Waals surface area contributed by atoms with Gasteiger partial charge in [-0.25, -0.2) is 0 Å². The van der Waals surface area contributed by atoms with E-state index in [1.165, 1.54) is 5.56 Å². The van der Waals surface area contributed by atoms with E-state index in [9.17, 15) is 4.79 Å². The predicted molar refractivity (Wildman–Crippen MR) is 73.7 cm³/mol. The summed E-state index contributed by atoms with van der Waals surface area (Å²) in [5.41, 5.74) is 4.31. The van der Waals surface area contributed by atoms with Crippen molar-refractivity contribution in [3.63, 3.8) is 0 Å². The normalized spacial score (nSPS) is 20.5. The molecule has 0 bridgehead atoms. The fourth-order valence-electron chi connectivity index (χ4n) is 3.11. The summed E-state index contributed by atoms with van der Waals surface area (Å²) in [5, 5.41) is 3.42. The van der Waals surface area contributed by atoms with Crippen molar-refractivity contribution in [2.24, 2.45) is 0 Å². The molecule has 0 spiro atoms. The average Bonchev–Trinajstić information content (AvgIpc) is 3.04. The van der Waals surface area contributed by atoms with Crippen molar-refractivity contribution in [1.29, 1.82) is 0 Å². The van der Waals surface area contributed by atoms with Crippen molar-refractivity contribution in [3.8, 4) is 11.1 Å². The summed E-state index contributed by atoms with van der Waals surface area (Å²) in [5.74, 6) is 0.155. The van der Waals surface area contributed by atoms with Gasteiger partial charge in [-0.1, -0.05) is 42.5 Å². The van der Waals surface area contributed by atoms with Crippen molar-refractivity contribution >= 4 is 5.91 Å². The largest absolute Gasteiger partial charge is 0.318 e. The Hall–Kier alpha value is -2.13. The number of benzene rings is 2. The zero-order valence-corrected chi connectivity index (χ0v) is 10.5. The fraction of sp³-hybridized carbons (Fsp3) is 0.188. The molecule has 1 saturated heterocycles. The van der Waals surface area contributed by atoms with Crippen molar-refractivity contribution in [2.75, 3.05) is 13.1 Å². The Labute approximate surface area is 111 Å². The van der Waals surface area contributed by atoms with E-state index in [-0.39, 0.29) is 12.1 Å². The highest BCUT2D eigenvalue weighted by Crippen LogP contribution is 2.40. The Balaban J connectivity index is 1.95. The lowest BCUT2D eigenvalue weighted by Crippen LogP contribution is -2.25. The number of amides is 1. The molecule has 0 saturated carbocycles. The third-order valence-corrected chi connectivity index (χ3v) is 3.96. The first kappa shape index (κ1) is 10.8. The molecule has 4 rings (SSSR count). The summed E-state index contributed by atoms with van der Waals surface area (Å²) >= 11 is 0. The molecule has 1 unspecified atom stereocenters. The van der Waals surface area contributed by atoms with Gasteiger partial charge in [-0.3, -0.25) is 10.1 Å². The Kier molecular flexibility index (Phi) is 2.23. The lowest BCUT2D eigenvalue weighted by Gasteiger charge is -2.16. The molecule has 1 fully saturated rings. The zero-order valence-electron chi connectivity index (χ0n) is 10.5. The van der Waals surface area contributed by atoms with Gasteiger partial charge in [0, 0.05) is 24.2 Å². The first-order chi connectivity index (χ1) is 9.36. The second-order valence-corrected chi connectivity index (χ2v) is 4.99. The Morgan fingerprint density at radius 2 is 1.79 bits per heavy atom. The molecular formula is C16H14N2O. The summed E-state index contributed by atoms with van der Waals surface area (Å²) in [6.07, 6.45) is 0.0545. The number of carbonyl (C=O) groups is 1. The van der Waals surface area contributed by atoms with Gasteiger partial charge < -0.3 is 4.90 Å². The maximum absolute atomic E-state index is 12.3. The minimum Gasteiger partial charge on any atom is -0.318 e. The van der Waals surface area contributed by atoms with Crippen LogP contribution in [-0.4, -0.2) is 23.9 Å². The van der Waals surface area contributed by atoms with Gasteiger partial charge >= 0.3 is 0 Å². The number of hydrogen-bond acceptors (Lipinski definition) is 2. The van der Waals surface area contributed by atoms with Gasteiger partial charge in [0.15, 0.2) is 0 Å². The van der Waals surface area contributed by atoms with E-state index in [4.69, 9.17) is 0 Å². The van der Waals surface area contributed by atoms with E-state index >= 15 is 0 Å². The minimum absolute atomic E-state index is 0.0545. The van der Waals surface area contributed by atoms with Crippen LogP contribution in [0.4, 0.5) is 0 Å². The van der Waals surface area contributed by atoms with E-state index in [1.807, 2.05) is 35.2 Å². The smallest absolute Gasteiger partial charge is 0.255 e. The van der Waals surface area contributed by atoms with Crippen LogP contribution in [0.1, 0.15) is 22.1 Å². The lowest BCUT2D eigenvalue weighted by atomic mass is 9.95. The van der Waals surface area contributed by atoms with Gasteiger partial charge in [0.05, 0.1) is 0 Å². The number of hydrogen-bond donors (Lipinski definition) is 1. The molecule has 94 valence electrons. The van der Waals surface area contributed by atoms with Crippen LogP contribution in [0.3, 0.4) is 0 Å². The molecule has 2 heterocycles. The lowest BCUT2D eigenvalue weighted by molar-refractivity contribution is 0.0771. The highest BCUT2D eigenvalue weighted by Gasteiger charge is 2.40. The number of rotatable bonds is 1. The molecule has 0 radical (unpaired) electrons. The summed E-state index contributed by atoms with van der Waals surface area (Å²) in [6, 6.07) is 16.3. The molecule has 2 aromatic rings. The summed E-state index contributed by atoms with van der Waals surface area (Å²) in [6.45, 7) is 1.67. The zero-order chi connectivity index (χ0) is 12.8. The molecule has 2 aliphatic rings. The van der Waals surface area contributed by atoms with Gasteiger partial charge in [0.1, 0.15) is 6.17 Å². The minimum atomic E-state index is 0.0545. The van der Waals surface area contributed by atoms with Crippen LogP contribution in [0.25, 0.3) is 11.1 Å². The summed E-state index contributed by atoms with van der Waals surface area (Å²) in [4.78, 5) is 14.3. The Morgan fingerprint density at radius 3 is 2.63 bits per heavy atom. The van der Waals surface area contributed by atoms with E-state index < -0.39 is 0 Å². The molecule has 3 nitrogen and oxygen atoms in total. The van der Waals surface area contributed by atoms with Gasteiger partial charge in [0.2, 0.25) is 0 Å². The van der Waals surface area contributed by atoms with Crippen molar-refractivity contribution in [3.05, 3.63) is 59.7 Å². The van der Waals surface area contributed by atoms with Crippen LogP contribution in [0.5, 0.6) is 0 Å². The summed E-state index contributed by atoms with van der Waals surface area (Å²) in [7, 11) is 0. The fourth-order valence-corrected chi connectivity index (χ4v) is 3.11. The van der Waals surface area contributed by atoms with Gasteiger partial charge in [-0.2, -0.15) is 0 Å². The molecule has 1 amide bonds. The van der Waals surface area contributed by atoms with Crippen LogP contribution in [0.2, 0.25) is 0 Å². The third-order valence-electron chi connectivity index (χ3n) is 3.96. The topological polar surface area (TPSA) is 32.3 Å². The summed E-state index contributed by atoms with van der Waals surface area (Å²) < 4.78 is 0. The van der Waals surface area contributed by atoms with Crippen molar-refractivity contribution in [2.45, 2.75) is 6.17 Å². The van der Waals surface area contributed by atoms with Gasteiger partial charge in [0.25, 0.3) is 5.91 Å². The highest BCUT2D eigenvalue weighted by molar-refractivity contribution is 6.01. The van der Waals surface area contributed by atoms with Crippen molar-refractivity contribution in [1.82, 2.24) is 10.2 Å². The number of nitrogens with zero attached hydrogens (tertiary/aromatic N) is 1. The second kappa shape index (κ2) is 3.93. The Morgan fingerprint density at radius 1 is 1.00 bits per heavy atom. The van der Waals surface area contributed by atoms with Crippen LogP contribution >= 0.6 is 0 Å². The predicted octanol–water partition coefficient (Wildman–Crippen LogP) is 2.41. The van der Waals surface area contributed by atoms with E-state index in [0.717, 1.165) is 29.8 Å². The van der Waals surface area contributed by atoms with Gasteiger partial charge in [-0.05, 0) is 17.2 Å². The molecule has 2 aromatic carbocycles. The van der Waals surface area contributed by atoms with E-state index in [0.29, 0.717) is 0 Å². The molecule has 1 atom stereocenters. The first-order valence-electron chi connectivity index (χ1n) is 6.59. The average molecular weight is 250 g/mol. The second-order valence-electron chi connectivity index (χ2n) is 4.99. The van der Waals surface area contributed by atoms with Crippen LogP contribution in [-0.2, 0) is 0 Å². The molecule has 19 heavy (non-hydrogen) atoms. The van der Waals surface area contributed by atoms with Crippen LogP contribution < -0.4 is 5.32 Å². The molecule has 3 heteroatoms. The molecule has 2 aliphatic heterocycles. The third kappa shape index (κ3) is 1.45. The number of carbonyl (C=O) groups excluding carboxylic acids is 1. The van der Waals surface area contributed by atoms with E-state index in [1.54, 1.807) is 0 Å². The first-order valence-corrected chi connectivity index (χ1v) is 6.59. The monoisotopic (exact) mass is 250 g/mol. The standard InChI is InChI=1S/C16H14N2O/c19-16-13-8-4-7-12(11-5-2-1-3-6-11)14(13)15-17-9-10-18(15)16/h1-8,15,17H,9-10H2. The van der Waals surface area contributed by atoms with Crippen molar-refractivity contribution < 1.29 is 4.79 Å². The molecule has 0 aliphatic carbocycles. The quantitative estimate of drug-likeness (QED) is 0.843.